The lowest BCUT2D eigenvalue weighted by Gasteiger charge is -2.39. The van der Waals surface area contributed by atoms with Gasteiger partial charge in [0.25, 0.3) is 0 Å². The van der Waals surface area contributed by atoms with Crippen LogP contribution in [0.25, 0.3) is 0 Å². The fourth-order valence-electron chi connectivity index (χ4n) is 2.92. The van der Waals surface area contributed by atoms with Gasteiger partial charge in [0.15, 0.2) is 0 Å². The van der Waals surface area contributed by atoms with Crippen molar-refractivity contribution < 1.29 is 5.11 Å². The molecule has 0 amide bonds. The zero-order valence-corrected chi connectivity index (χ0v) is 8.58. The van der Waals surface area contributed by atoms with Gasteiger partial charge in [0.05, 0.1) is 6.10 Å². The maximum absolute atomic E-state index is 9.82. The molecule has 0 radical (unpaired) electrons. The molecule has 1 saturated carbocycles. The van der Waals surface area contributed by atoms with Gasteiger partial charge in [-0.15, -0.1) is 0 Å². The first kappa shape index (κ1) is 9.47. The van der Waals surface area contributed by atoms with Gasteiger partial charge in [0.2, 0.25) is 0 Å². The maximum atomic E-state index is 9.82. The molecule has 0 bridgehead atoms. The summed E-state index contributed by atoms with van der Waals surface area (Å²) in [5.41, 5.74) is 0. The third-order valence-corrected chi connectivity index (χ3v) is 3.72. The molecule has 1 saturated heterocycles. The molecule has 0 aromatic heterocycles. The Kier molecular flexibility index (Phi) is 2.89. The van der Waals surface area contributed by atoms with E-state index in [2.05, 4.69) is 11.8 Å². The number of rotatable bonds is 1. The first-order chi connectivity index (χ1) is 6.29. The fraction of sp³-hybridized carbons (Fsp3) is 1.00. The second-order valence-corrected chi connectivity index (χ2v) is 4.65. The van der Waals surface area contributed by atoms with Gasteiger partial charge in [-0.3, -0.25) is 4.90 Å². The summed E-state index contributed by atoms with van der Waals surface area (Å²) < 4.78 is 0. The molecule has 0 aromatic carbocycles. The van der Waals surface area contributed by atoms with E-state index in [1.807, 2.05) is 0 Å². The highest BCUT2D eigenvalue weighted by molar-refractivity contribution is 4.89. The van der Waals surface area contributed by atoms with Crippen molar-refractivity contribution in [3.63, 3.8) is 0 Å². The van der Waals surface area contributed by atoms with Crippen LogP contribution in [0.2, 0.25) is 0 Å². The third kappa shape index (κ3) is 1.89. The minimum absolute atomic E-state index is 0.0412. The van der Waals surface area contributed by atoms with E-state index < -0.39 is 0 Å². The Labute approximate surface area is 80.9 Å². The molecule has 1 N–H and O–H groups in total. The van der Waals surface area contributed by atoms with Gasteiger partial charge in [-0.05, 0) is 45.6 Å². The molecule has 76 valence electrons. The summed E-state index contributed by atoms with van der Waals surface area (Å²) in [6, 6.07) is 1.18. The number of aliphatic hydroxyl groups excluding tert-OH is 1. The topological polar surface area (TPSA) is 23.5 Å². The fourth-order valence-corrected chi connectivity index (χ4v) is 2.92. The highest BCUT2D eigenvalue weighted by atomic mass is 16.3. The predicted molar refractivity (Wildman–Crippen MR) is 53.7 cm³/mol. The number of piperidine rings is 1. The molecule has 3 atom stereocenters. The van der Waals surface area contributed by atoms with Crippen LogP contribution in [0.3, 0.4) is 0 Å². The van der Waals surface area contributed by atoms with Crippen LogP contribution in [0.15, 0.2) is 0 Å². The Morgan fingerprint density at radius 3 is 2.54 bits per heavy atom. The van der Waals surface area contributed by atoms with Gasteiger partial charge < -0.3 is 5.11 Å². The van der Waals surface area contributed by atoms with E-state index in [-0.39, 0.29) is 6.10 Å². The lowest BCUT2D eigenvalue weighted by Crippen LogP contribution is -2.48. The molecule has 2 aliphatic rings. The van der Waals surface area contributed by atoms with Gasteiger partial charge in [-0.1, -0.05) is 6.42 Å². The van der Waals surface area contributed by atoms with E-state index in [1.54, 1.807) is 0 Å². The minimum Gasteiger partial charge on any atom is -0.391 e. The molecular formula is C11H21NO. The predicted octanol–water partition coefficient (Wildman–Crippen LogP) is 1.77. The Bertz CT molecular complexity index is 171. The van der Waals surface area contributed by atoms with E-state index in [0.29, 0.717) is 12.1 Å². The summed E-state index contributed by atoms with van der Waals surface area (Å²) in [5, 5.41) is 9.82. The summed E-state index contributed by atoms with van der Waals surface area (Å²) in [4.78, 5) is 2.54. The number of likely N-dealkylation sites (tertiary alicyclic amines) is 1. The summed E-state index contributed by atoms with van der Waals surface area (Å²) in [7, 11) is 0. The standard InChI is InChI=1S/C11H21NO/c1-9-5-2-3-8-12(9)10-6-4-7-11(10)13/h9-11,13H,2-8H2,1H3/t9?,10-,11-/m0/s1. The molecule has 0 spiro atoms. The van der Waals surface area contributed by atoms with Gasteiger partial charge in [0.1, 0.15) is 0 Å². The van der Waals surface area contributed by atoms with Gasteiger partial charge >= 0.3 is 0 Å². The van der Waals surface area contributed by atoms with Crippen molar-refractivity contribution >= 4 is 0 Å². The van der Waals surface area contributed by atoms with Crippen molar-refractivity contribution in [1.82, 2.24) is 4.90 Å². The normalized spacial score (nSPS) is 42.5. The first-order valence-corrected chi connectivity index (χ1v) is 5.73. The third-order valence-electron chi connectivity index (χ3n) is 3.72. The van der Waals surface area contributed by atoms with Crippen molar-refractivity contribution in [3.05, 3.63) is 0 Å². The number of hydrogen-bond donors (Lipinski definition) is 1. The SMILES string of the molecule is CC1CCCCN1[C@H]1CCC[C@@H]1O. The van der Waals surface area contributed by atoms with E-state index >= 15 is 0 Å². The van der Waals surface area contributed by atoms with Crippen LogP contribution in [0, 0.1) is 0 Å². The average Bonchev–Trinajstić information content (AvgIpc) is 2.52. The molecule has 1 aliphatic carbocycles. The zero-order chi connectivity index (χ0) is 9.26. The van der Waals surface area contributed by atoms with Crippen LogP contribution < -0.4 is 0 Å². The van der Waals surface area contributed by atoms with Gasteiger partial charge in [0, 0.05) is 12.1 Å². The van der Waals surface area contributed by atoms with Crippen molar-refractivity contribution in [3.8, 4) is 0 Å². The van der Waals surface area contributed by atoms with Crippen LogP contribution in [-0.2, 0) is 0 Å². The maximum Gasteiger partial charge on any atom is 0.0695 e. The Morgan fingerprint density at radius 1 is 1.08 bits per heavy atom. The van der Waals surface area contributed by atoms with Crippen LogP contribution in [0.5, 0.6) is 0 Å². The molecule has 0 aromatic rings. The van der Waals surface area contributed by atoms with Crippen molar-refractivity contribution in [2.45, 2.75) is 63.6 Å². The van der Waals surface area contributed by atoms with Crippen LogP contribution in [0.1, 0.15) is 45.4 Å². The summed E-state index contributed by atoms with van der Waals surface area (Å²) in [6.45, 7) is 3.52. The van der Waals surface area contributed by atoms with Crippen molar-refractivity contribution in [2.75, 3.05) is 6.54 Å². The second kappa shape index (κ2) is 3.97. The van der Waals surface area contributed by atoms with Crippen LogP contribution >= 0.6 is 0 Å². The second-order valence-electron chi connectivity index (χ2n) is 4.65. The molecule has 2 fully saturated rings. The molecule has 1 aliphatic heterocycles. The molecule has 1 unspecified atom stereocenters. The lowest BCUT2D eigenvalue weighted by atomic mass is 10.00. The van der Waals surface area contributed by atoms with Crippen LogP contribution in [0.4, 0.5) is 0 Å². The lowest BCUT2D eigenvalue weighted by molar-refractivity contribution is 0.0307. The largest absolute Gasteiger partial charge is 0.391 e. The molecule has 2 heteroatoms. The van der Waals surface area contributed by atoms with E-state index in [9.17, 15) is 5.11 Å². The Balaban J connectivity index is 1.97. The van der Waals surface area contributed by atoms with E-state index in [1.165, 1.54) is 38.6 Å². The van der Waals surface area contributed by atoms with Crippen molar-refractivity contribution in [1.29, 1.82) is 0 Å². The average molecular weight is 183 g/mol. The highest BCUT2D eigenvalue weighted by Gasteiger charge is 2.33. The smallest absolute Gasteiger partial charge is 0.0695 e. The van der Waals surface area contributed by atoms with Crippen LogP contribution in [-0.4, -0.2) is 34.7 Å². The molecule has 13 heavy (non-hydrogen) atoms. The quantitative estimate of drug-likeness (QED) is 0.670. The molecule has 2 nitrogen and oxygen atoms in total. The van der Waals surface area contributed by atoms with Gasteiger partial charge in [-0.2, -0.15) is 0 Å². The van der Waals surface area contributed by atoms with E-state index in [0.717, 1.165) is 6.42 Å². The Hall–Kier alpha value is -0.0800. The Morgan fingerprint density at radius 2 is 1.92 bits per heavy atom. The summed E-state index contributed by atoms with van der Waals surface area (Å²) >= 11 is 0. The summed E-state index contributed by atoms with van der Waals surface area (Å²) in [5.74, 6) is 0. The molecular weight excluding hydrogens is 162 g/mol. The zero-order valence-electron chi connectivity index (χ0n) is 8.58. The summed E-state index contributed by atoms with van der Waals surface area (Å²) in [6.07, 6.45) is 7.44. The molecule has 2 rings (SSSR count). The van der Waals surface area contributed by atoms with E-state index in [4.69, 9.17) is 0 Å². The first-order valence-electron chi connectivity index (χ1n) is 5.73. The number of hydrogen-bond acceptors (Lipinski definition) is 2. The van der Waals surface area contributed by atoms with Gasteiger partial charge in [-0.25, -0.2) is 0 Å². The highest BCUT2D eigenvalue weighted by Crippen LogP contribution is 2.29. The monoisotopic (exact) mass is 183 g/mol. The minimum atomic E-state index is -0.0412. The van der Waals surface area contributed by atoms with Crippen molar-refractivity contribution in [2.24, 2.45) is 0 Å². The molecule has 1 heterocycles. The number of nitrogens with zero attached hydrogens (tertiary/aromatic N) is 1. The number of aliphatic hydroxyl groups is 1.